The first-order valence-corrected chi connectivity index (χ1v) is 7.40. The Hall–Kier alpha value is -1.06. The van der Waals surface area contributed by atoms with Crippen molar-refractivity contribution < 1.29 is 9.59 Å². The number of rotatable bonds is 1. The van der Waals surface area contributed by atoms with Crippen LogP contribution in [0.3, 0.4) is 0 Å². The second-order valence-corrected chi connectivity index (χ2v) is 7.12. The minimum Gasteiger partial charge on any atom is -0.344 e. The molecule has 2 amide bonds. The molecule has 0 aromatic heterocycles. The van der Waals surface area contributed by atoms with Crippen LogP contribution in [0.5, 0.6) is 0 Å². The Labute approximate surface area is 115 Å². The minimum absolute atomic E-state index is 0.00132. The van der Waals surface area contributed by atoms with Gasteiger partial charge in [-0.05, 0) is 24.2 Å². The molecule has 19 heavy (non-hydrogen) atoms. The van der Waals surface area contributed by atoms with Crippen molar-refractivity contribution in [2.75, 3.05) is 6.54 Å². The molecule has 1 saturated heterocycles. The van der Waals surface area contributed by atoms with Crippen LogP contribution in [-0.4, -0.2) is 35.3 Å². The van der Waals surface area contributed by atoms with Crippen LogP contribution < -0.4 is 5.32 Å². The molecule has 0 spiro atoms. The first kappa shape index (κ1) is 14.4. The Bertz CT molecular complexity index is 373. The Morgan fingerprint density at radius 1 is 1.21 bits per heavy atom. The Morgan fingerprint density at radius 3 is 2.42 bits per heavy atom. The Kier molecular flexibility index (Phi) is 3.88. The van der Waals surface area contributed by atoms with Crippen molar-refractivity contribution in [1.82, 2.24) is 10.2 Å². The maximum absolute atomic E-state index is 12.8. The van der Waals surface area contributed by atoms with E-state index in [1.165, 1.54) is 12.8 Å². The van der Waals surface area contributed by atoms with Crippen molar-refractivity contribution in [3.05, 3.63) is 0 Å². The average molecular weight is 266 g/mol. The molecule has 0 bridgehead atoms. The molecule has 2 fully saturated rings. The first-order valence-electron chi connectivity index (χ1n) is 7.40. The highest BCUT2D eigenvalue weighted by molar-refractivity contribution is 5.90. The summed E-state index contributed by atoms with van der Waals surface area (Å²) in [5.41, 5.74) is -0.239. The molecule has 0 aromatic rings. The number of hydrogen-bond donors (Lipinski definition) is 1. The SMILES string of the molecule is CC1CCCC1N1CCC(=O)NC(C(C)(C)C)C1=O. The summed E-state index contributed by atoms with van der Waals surface area (Å²) in [4.78, 5) is 26.6. The number of hydrogen-bond acceptors (Lipinski definition) is 2. The van der Waals surface area contributed by atoms with E-state index in [1.807, 2.05) is 25.7 Å². The third-order valence-electron chi connectivity index (χ3n) is 4.50. The molecule has 3 atom stereocenters. The van der Waals surface area contributed by atoms with Crippen molar-refractivity contribution in [2.24, 2.45) is 11.3 Å². The van der Waals surface area contributed by atoms with Gasteiger partial charge >= 0.3 is 0 Å². The quantitative estimate of drug-likeness (QED) is 0.788. The standard InChI is InChI=1S/C15H26N2O2/c1-10-6-5-7-11(10)17-9-8-12(18)16-13(14(17)19)15(2,3)4/h10-11,13H,5-9H2,1-4H3,(H,16,18). The van der Waals surface area contributed by atoms with Crippen LogP contribution in [0.4, 0.5) is 0 Å². The first-order chi connectivity index (χ1) is 8.80. The zero-order chi connectivity index (χ0) is 14.2. The summed E-state index contributed by atoms with van der Waals surface area (Å²) in [6.45, 7) is 8.83. The molecule has 1 N–H and O–H groups in total. The predicted octanol–water partition coefficient (Wildman–Crippen LogP) is 1.94. The van der Waals surface area contributed by atoms with Crippen LogP contribution in [0.2, 0.25) is 0 Å². The van der Waals surface area contributed by atoms with Gasteiger partial charge in [0.15, 0.2) is 0 Å². The van der Waals surface area contributed by atoms with Crippen molar-refractivity contribution in [1.29, 1.82) is 0 Å². The molecule has 1 aliphatic carbocycles. The number of carbonyl (C=O) groups is 2. The second-order valence-electron chi connectivity index (χ2n) is 7.12. The van der Waals surface area contributed by atoms with Crippen molar-refractivity contribution >= 4 is 11.8 Å². The van der Waals surface area contributed by atoms with E-state index in [-0.39, 0.29) is 17.2 Å². The summed E-state index contributed by atoms with van der Waals surface area (Å²) in [5.74, 6) is 0.663. The topological polar surface area (TPSA) is 49.4 Å². The Balaban J connectivity index is 2.23. The number of nitrogens with zero attached hydrogens (tertiary/aromatic N) is 1. The molecule has 2 aliphatic rings. The van der Waals surface area contributed by atoms with Gasteiger partial charge in [0.05, 0.1) is 0 Å². The molecule has 108 valence electrons. The monoisotopic (exact) mass is 266 g/mol. The molecule has 1 saturated carbocycles. The lowest BCUT2D eigenvalue weighted by molar-refractivity contribution is -0.139. The van der Waals surface area contributed by atoms with Crippen LogP contribution in [0.25, 0.3) is 0 Å². The minimum atomic E-state index is -0.393. The van der Waals surface area contributed by atoms with E-state index < -0.39 is 6.04 Å². The van der Waals surface area contributed by atoms with Crippen LogP contribution in [0, 0.1) is 11.3 Å². The summed E-state index contributed by atoms with van der Waals surface area (Å²) in [7, 11) is 0. The van der Waals surface area contributed by atoms with E-state index in [9.17, 15) is 9.59 Å². The van der Waals surface area contributed by atoms with Gasteiger partial charge in [0.25, 0.3) is 0 Å². The van der Waals surface area contributed by atoms with Crippen LogP contribution in [0.1, 0.15) is 53.4 Å². The lowest BCUT2D eigenvalue weighted by Crippen LogP contribution is -2.54. The maximum atomic E-state index is 12.8. The van der Waals surface area contributed by atoms with Gasteiger partial charge in [-0.25, -0.2) is 0 Å². The zero-order valence-corrected chi connectivity index (χ0v) is 12.5. The molecule has 0 aromatic carbocycles. The molecular formula is C15H26N2O2. The van der Waals surface area contributed by atoms with Gasteiger partial charge in [-0.3, -0.25) is 9.59 Å². The van der Waals surface area contributed by atoms with Gasteiger partial charge in [-0.15, -0.1) is 0 Å². The van der Waals surface area contributed by atoms with E-state index in [2.05, 4.69) is 12.2 Å². The summed E-state index contributed by atoms with van der Waals surface area (Å²) in [5, 5.41) is 2.91. The van der Waals surface area contributed by atoms with Crippen molar-refractivity contribution in [2.45, 2.75) is 65.5 Å². The lowest BCUT2D eigenvalue weighted by atomic mass is 9.85. The molecule has 2 rings (SSSR count). The fourth-order valence-corrected chi connectivity index (χ4v) is 3.30. The second kappa shape index (κ2) is 5.14. The third kappa shape index (κ3) is 2.93. The summed E-state index contributed by atoms with van der Waals surface area (Å²) in [6, 6.07) is -0.0691. The predicted molar refractivity (Wildman–Crippen MR) is 74.5 cm³/mol. The third-order valence-corrected chi connectivity index (χ3v) is 4.50. The van der Waals surface area contributed by atoms with Crippen molar-refractivity contribution in [3.8, 4) is 0 Å². The van der Waals surface area contributed by atoms with Gasteiger partial charge in [-0.2, -0.15) is 0 Å². The van der Waals surface area contributed by atoms with Gasteiger partial charge in [0.1, 0.15) is 6.04 Å². The molecular weight excluding hydrogens is 240 g/mol. The number of nitrogens with one attached hydrogen (secondary N) is 1. The Morgan fingerprint density at radius 2 is 1.89 bits per heavy atom. The summed E-state index contributed by atoms with van der Waals surface area (Å²) < 4.78 is 0. The lowest BCUT2D eigenvalue weighted by Gasteiger charge is -2.36. The van der Waals surface area contributed by atoms with Crippen LogP contribution >= 0.6 is 0 Å². The zero-order valence-electron chi connectivity index (χ0n) is 12.5. The van der Waals surface area contributed by atoms with E-state index in [0.29, 0.717) is 24.9 Å². The summed E-state index contributed by atoms with van der Waals surface area (Å²) in [6.07, 6.45) is 3.90. The molecule has 0 radical (unpaired) electrons. The van der Waals surface area contributed by atoms with Gasteiger partial charge in [0, 0.05) is 19.0 Å². The number of amides is 2. The molecule has 1 aliphatic heterocycles. The highest BCUT2D eigenvalue weighted by atomic mass is 16.2. The highest BCUT2D eigenvalue weighted by Gasteiger charge is 2.42. The summed E-state index contributed by atoms with van der Waals surface area (Å²) >= 11 is 0. The van der Waals surface area contributed by atoms with Gasteiger partial charge in [0.2, 0.25) is 11.8 Å². The molecule has 3 unspecified atom stereocenters. The maximum Gasteiger partial charge on any atom is 0.245 e. The van der Waals surface area contributed by atoms with E-state index in [0.717, 1.165) is 6.42 Å². The highest BCUT2D eigenvalue weighted by Crippen LogP contribution is 2.32. The fraction of sp³-hybridized carbons (Fsp3) is 0.867. The normalized spacial score (nSPS) is 33.3. The largest absolute Gasteiger partial charge is 0.344 e. The average Bonchev–Trinajstić information content (AvgIpc) is 2.64. The molecule has 1 heterocycles. The van der Waals surface area contributed by atoms with E-state index >= 15 is 0 Å². The van der Waals surface area contributed by atoms with Crippen molar-refractivity contribution in [3.63, 3.8) is 0 Å². The molecule has 4 heteroatoms. The van der Waals surface area contributed by atoms with E-state index in [4.69, 9.17) is 0 Å². The fourth-order valence-electron chi connectivity index (χ4n) is 3.30. The van der Waals surface area contributed by atoms with Gasteiger partial charge in [-0.1, -0.05) is 34.1 Å². The van der Waals surface area contributed by atoms with Gasteiger partial charge < -0.3 is 10.2 Å². The van der Waals surface area contributed by atoms with E-state index in [1.54, 1.807) is 0 Å². The number of carbonyl (C=O) groups excluding carboxylic acids is 2. The van der Waals surface area contributed by atoms with Crippen LogP contribution in [-0.2, 0) is 9.59 Å². The van der Waals surface area contributed by atoms with Crippen LogP contribution in [0.15, 0.2) is 0 Å². The smallest absolute Gasteiger partial charge is 0.245 e. The molecule has 4 nitrogen and oxygen atoms in total.